The summed E-state index contributed by atoms with van der Waals surface area (Å²) in [4.78, 5) is 8.50. The molecule has 0 fully saturated rings. The molecule has 2 aromatic heterocycles. The summed E-state index contributed by atoms with van der Waals surface area (Å²) in [5.41, 5.74) is 6.48. The summed E-state index contributed by atoms with van der Waals surface area (Å²) in [6.45, 7) is 1.77. The number of hydrogen-bond acceptors (Lipinski definition) is 5. The average molecular weight is 250 g/mol. The molecule has 0 amide bonds. The summed E-state index contributed by atoms with van der Waals surface area (Å²) < 4.78 is 1.15. The predicted molar refractivity (Wildman–Crippen MR) is 73.4 cm³/mol. The first-order chi connectivity index (χ1) is 8.42. The molecular weight excluding hydrogens is 232 g/mol. The highest BCUT2D eigenvalue weighted by Gasteiger charge is 2.03. The third-order valence-corrected chi connectivity index (χ3v) is 3.58. The van der Waals surface area contributed by atoms with Gasteiger partial charge in [-0.2, -0.15) is 0 Å². The molecule has 0 aliphatic rings. The SMILES string of the molecule is NCCCCCCNc1ncnc2ccsc12. The summed E-state index contributed by atoms with van der Waals surface area (Å²) in [6.07, 6.45) is 6.35. The molecule has 0 atom stereocenters. The highest BCUT2D eigenvalue weighted by Crippen LogP contribution is 2.24. The molecule has 0 bridgehead atoms. The van der Waals surface area contributed by atoms with E-state index in [0.29, 0.717) is 0 Å². The molecule has 17 heavy (non-hydrogen) atoms. The Morgan fingerprint density at radius 3 is 2.94 bits per heavy atom. The molecule has 0 saturated heterocycles. The standard InChI is InChI=1S/C12H18N4S/c13-6-3-1-2-4-7-14-12-11-10(5-8-17-11)15-9-16-12/h5,8-9H,1-4,6-7,13H2,(H,14,15,16). The number of rotatable bonds is 7. The van der Waals surface area contributed by atoms with Gasteiger partial charge in [-0.25, -0.2) is 9.97 Å². The highest BCUT2D eigenvalue weighted by atomic mass is 32.1. The minimum absolute atomic E-state index is 0.801. The van der Waals surface area contributed by atoms with Crippen molar-refractivity contribution in [2.45, 2.75) is 25.7 Å². The van der Waals surface area contributed by atoms with E-state index in [1.165, 1.54) is 12.8 Å². The minimum Gasteiger partial charge on any atom is -0.369 e. The van der Waals surface area contributed by atoms with E-state index < -0.39 is 0 Å². The van der Waals surface area contributed by atoms with Crippen LogP contribution in [0.15, 0.2) is 17.8 Å². The number of nitrogens with zero attached hydrogens (tertiary/aromatic N) is 2. The Labute approximate surface area is 105 Å². The van der Waals surface area contributed by atoms with Crippen LogP contribution in [0.4, 0.5) is 5.82 Å². The molecule has 0 unspecified atom stereocenters. The highest BCUT2D eigenvalue weighted by molar-refractivity contribution is 7.17. The van der Waals surface area contributed by atoms with E-state index in [9.17, 15) is 0 Å². The first-order valence-corrected chi connectivity index (χ1v) is 6.92. The van der Waals surface area contributed by atoms with Crippen molar-refractivity contribution in [3.05, 3.63) is 17.8 Å². The maximum atomic E-state index is 5.45. The first kappa shape index (κ1) is 12.3. The van der Waals surface area contributed by atoms with Gasteiger partial charge in [-0.1, -0.05) is 12.8 Å². The van der Waals surface area contributed by atoms with Crippen molar-refractivity contribution in [3.8, 4) is 0 Å². The largest absolute Gasteiger partial charge is 0.369 e. The number of hydrogen-bond donors (Lipinski definition) is 2. The maximum Gasteiger partial charge on any atom is 0.147 e. The van der Waals surface area contributed by atoms with Crippen LogP contribution in [-0.4, -0.2) is 23.1 Å². The van der Waals surface area contributed by atoms with Crippen LogP contribution in [-0.2, 0) is 0 Å². The van der Waals surface area contributed by atoms with Crippen LogP contribution in [0, 0.1) is 0 Å². The molecule has 2 heterocycles. The Hall–Kier alpha value is -1.20. The Bertz CT molecular complexity index is 454. The molecule has 2 rings (SSSR count). The molecule has 0 radical (unpaired) electrons. The molecule has 0 aliphatic heterocycles. The zero-order valence-corrected chi connectivity index (χ0v) is 10.7. The van der Waals surface area contributed by atoms with Crippen molar-refractivity contribution in [3.63, 3.8) is 0 Å². The van der Waals surface area contributed by atoms with Gasteiger partial charge in [-0.15, -0.1) is 11.3 Å². The van der Waals surface area contributed by atoms with Gasteiger partial charge in [0.25, 0.3) is 0 Å². The maximum absolute atomic E-state index is 5.45. The predicted octanol–water partition coefficient (Wildman–Crippen LogP) is 2.62. The van der Waals surface area contributed by atoms with Gasteiger partial charge in [0, 0.05) is 6.54 Å². The van der Waals surface area contributed by atoms with Gasteiger partial charge < -0.3 is 11.1 Å². The molecule has 2 aromatic rings. The van der Waals surface area contributed by atoms with Crippen molar-refractivity contribution in [1.29, 1.82) is 0 Å². The molecule has 5 heteroatoms. The lowest BCUT2D eigenvalue weighted by atomic mass is 10.2. The van der Waals surface area contributed by atoms with Gasteiger partial charge in [0.15, 0.2) is 0 Å². The third kappa shape index (κ3) is 3.38. The van der Waals surface area contributed by atoms with E-state index in [1.807, 2.05) is 11.4 Å². The summed E-state index contributed by atoms with van der Waals surface area (Å²) in [5, 5.41) is 5.43. The number of fused-ring (bicyclic) bond motifs is 1. The Morgan fingerprint density at radius 2 is 2.06 bits per heavy atom. The van der Waals surface area contributed by atoms with Crippen LogP contribution < -0.4 is 11.1 Å². The smallest absolute Gasteiger partial charge is 0.147 e. The van der Waals surface area contributed by atoms with Gasteiger partial charge in [-0.3, -0.25) is 0 Å². The zero-order chi connectivity index (χ0) is 11.9. The molecular formula is C12H18N4S. The van der Waals surface area contributed by atoms with E-state index in [0.717, 1.165) is 42.0 Å². The fraction of sp³-hybridized carbons (Fsp3) is 0.500. The van der Waals surface area contributed by atoms with E-state index in [1.54, 1.807) is 17.7 Å². The van der Waals surface area contributed by atoms with Crippen molar-refractivity contribution in [2.75, 3.05) is 18.4 Å². The van der Waals surface area contributed by atoms with Gasteiger partial charge in [-0.05, 0) is 30.8 Å². The third-order valence-electron chi connectivity index (χ3n) is 2.67. The molecule has 4 nitrogen and oxygen atoms in total. The lowest BCUT2D eigenvalue weighted by Crippen LogP contribution is -2.04. The second-order valence-corrected chi connectivity index (χ2v) is 4.90. The zero-order valence-electron chi connectivity index (χ0n) is 9.85. The van der Waals surface area contributed by atoms with Crippen LogP contribution in [0.25, 0.3) is 10.2 Å². The fourth-order valence-corrected chi connectivity index (χ4v) is 2.56. The first-order valence-electron chi connectivity index (χ1n) is 6.04. The number of nitrogens with one attached hydrogen (secondary N) is 1. The molecule has 0 aromatic carbocycles. The monoisotopic (exact) mass is 250 g/mol. The quantitative estimate of drug-likeness (QED) is 0.741. The molecule has 0 spiro atoms. The van der Waals surface area contributed by atoms with Crippen LogP contribution in [0.5, 0.6) is 0 Å². The van der Waals surface area contributed by atoms with E-state index in [2.05, 4.69) is 15.3 Å². The van der Waals surface area contributed by atoms with Crippen LogP contribution in [0.2, 0.25) is 0 Å². The van der Waals surface area contributed by atoms with E-state index in [4.69, 9.17) is 5.73 Å². The van der Waals surface area contributed by atoms with E-state index in [-0.39, 0.29) is 0 Å². The average Bonchev–Trinajstić information content (AvgIpc) is 2.82. The van der Waals surface area contributed by atoms with Gasteiger partial charge in [0.2, 0.25) is 0 Å². The summed E-state index contributed by atoms with van der Waals surface area (Å²) >= 11 is 1.68. The Morgan fingerprint density at radius 1 is 1.18 bits per heavy atom. The second kappa shape index (κ2) is 6.51. The number of aromatic nitrogens is 2. The normalized spacial score (nSPS) is 10.9. The van der Waals surface area contributed by atoms with Gasteiger partial charge in [0.05, 0.1) is 10.2 Å². The molecule has 92 valence electrons. The number of nitrogens with two attached hydrogens (primary N) is 1. The summed E-state index contributed by atoms with van der Waals surface area (Å²) in [6, 6.07) is 2.02. The van der Waals surface area contributed by atoms with Crippen LogP contribution in [0.1, 0.15) is 25.7 Å². The Balaban J connectivity index is 1.80. The lowest BCUT2D eigenvalue weighted by Gasteiger charge is -2.05. The summed E-state index contributed by atoms with van der Waals surface area (Å²) in [7, 11) is 0. The topological polar surface area (TPSA) is 63.8 Å². The Kier molecular flexibility index (Phi) is 4.70. The van der Waals surface area contributed by atoms with Crippen molar-refractivity contribution >= 4 is 27.4 Å². The summed E-state index contributed by atoms with van der Waals surface area (Å²) in [5.74, 6) is 0.962. The fourth-order valence-electron chi connectivity index (χ4n) is 1.74. The van der Waals surface area contributed by atoms with Gasteiger partial charge >= 0.3 is 0 Å². The van der Waals surface area contributed by atoms with Crippen molar-refractivity contribution in [2.24, 2.45) is 5.73 Å². The van der Waals surface area contributed by atoms with E-state index >= 15 is 0 Å². The molecule has 0 aliphatic carbocycles. The number of anilines is 1. The van der Waals surface area contributed by atoms with Crippen LogP contribution in [0.3, 0.4) is 0 Å². The molecule has 3 N–H and O–H groups in total. The lowest BCUT2D eigenvalue weighted by molar-refractivity contribution is 0.661. The minimum atomic E-state index is 0.801. The molecule has 0 saturated carbocycles. The number of unbranched alkanes of at least 4 members (excludes halogenated alkanes) is 3. The van der Waals surface area contributed by atoms with Crippen molar-refractivity contribution in [1.82, 2.24) is 9.97 Å². The van der Waals surface area contributed by atoms with Crippen molar-refractivity contribution < 1.29 is 0 Å². The number of thiophene rings is 1. The van der Waals surface area contributed by atoms with Crippen LogP contribution >= 0.6 is 11.3 Å². The van der Waals surface area contributed by atoms with Gasteiger partial charge in [0.1, 0.15) is 12.1 Å². The second-order valence-electron chi connectivity index (χ2n) is 3.99.